The maximum absolute atomic E-state index is 13.8. The second-order valence-corrected chi connectivity index (χ2v) is 9.58. The predicted molar refractivity (Wildman–Crippen MR) is 110 cm³/mol. The van der Waals surface area contributed by atoms with Gasteiger partial charge in [0.15, 0.2) is 5.28 Å². The van der Waals surface area contributed by atoms with Crippen LogP contribution in [-0.4, -0.2) is 17.4 Å². The smallest absolute Gasteiger partial charge is 0.307 e. The Morgan fingerprint density at radius 2 is 1.52 bits per heavy atom. The molecule has 1 N–H and O–H groups in total. The van der Waals surface area contributed by atoms with Crippen LogP contribution in [0, 0.1) is 6.92 Å². The molecule has 0 aliphatic heterocycles. The molecule has 2 aromatic carbocycles. The van der Waals surface area contributed by atoms with Gasteiger partial charge >= 0.3 is 7.60 Å². The summed E-state index contributed by atoms with van der Waals surface area (Å²) in [6.07, 6.45) is 0.381. The number of hydrogen-bond donors (Lipinski definition) is 1. The Hall–Kier alpha value is -1.30. The maximum atomic E-state index is 13.8. The standard InChI is InChI=1S/C20H28NO4PS/c1-5-20(18-11-9-8-10-12-18,26(22,24-6-2)25-7-3)21-27(23)19-15-13-17(4)14-16-19/h8-16,21H,5-7H2,1-4H3/t20-,27?/m1/s1. The lowest BCUT2D eigenvalue weighted by molar-refractivity contribution is 0.190. The van der Waals surface area contributed by atoms with E-state index in [1.165, 1.54) is 0 Å². The van der Waals surface area contributed by atoms with Gasteiger partial charge in [-0.1, -0.05) is 55.0 Å². The Labute approximate surface area is 164 Å². The van der Waals surface area contributed by atoms with E-state index >= 15 is 0 Å². The van der Waals surface area contributed by atoms with Crippen LogP contribution in [0.25, 0.3) is 0 Å². The molecule has 2 atom stereocenters. The molecule has 2 aromatic rings. The zero-order valence-electron chi connectivity index (χ0n) is 16.3. The molecule has 0 bridgehead atoms. The third-order valence-electron chi connectivity index (χ3n) is 4.33. The van der Waals surface area contributed by atoms with Crippen LogP contribution >= 0.6 is 7.60 Å². The minimum atomic E-state index is -3.67. The van der Waals surface area contributed by atoms with Gasteiger partial charge in [0, 0.05) is 0 Å². The van der Waals surface area contributed by atoms with E-state index < -0.39 is 23.9 Å². The highest BCUT2D eigenvalue weighted by atomic mass is 32.2. The molecule has 0 spiro atoms. The van der Waals surface area contributed by atoms with E-state index in [9.17, 15) is 8.77 Å². The van der Waals surface area contributed by atoms with Gasteiger partial charge in [0.2, 0.25) is 0 Å². The number of hydrogen-bond acceptors (Lipinski definition) is 4. The fraction of sp³-hybridized carbons (Fsp3) is 0.400. The second kappa shape index (κ2) is 9.76. The molecule has 5 nitrogen and oxygen atoms in total. The Balaban J connectivity index is 2.56. The fourth-order valence-electron chi connectivity index (χ4n) is 2.93. The molecule has 0 aliphatic carbocycles. The highest BCUT2D eigenvalue weighted by Crippen LogP contribution is 2.65. The SMILES string of the molecule is CCOP(=O)(OCC)[C@@](CC)(NS(=O)c1ccc(C)cc1)c1ccccc1. The van der Waals surface area contributed by atoms with Crippen LogP contribution < -0.4 is 4.72 Å². The van der Waals surface area contributed by atoms with Gasteiger partial charge in [-0.25, -0.2) is 8.93 Å². The van der Waals surface area contributed by atoms with Crippen molar-refractivity contribution >= 4 is 18.6 Å². The van der Waals surface area contributed by atoms with Gasteiger partial charge in [-0.3, -0.25) is 4.57 Å². The molecule has 1 unspecified atom stereocenters. The Bertz CT molecular complexity index is 787. The van der Waals surface area contributed by atoms with Crippen LogP contribution in [0.5, 0.6) is 0 Å². The lowest BCUT2D eigenvalue weighted by Crippen LogP contribution is -2.44. The quantitative estimate of drug-likeness (QED) is 0.552. The van der Waals surface area contributed by atoms with Crippen LogP contribution in [0.2, 0.25) is 0 Å². The van der Waals surface area contributed by atoms with Gasteiger partial charge in [-0.15, -0.1) is 0 Å². The number of rotatable bonds is 10. The molecule has 0 saturated carbocycles. The van der Waals surface area contributed by atoms with Crippen LogP contribution in [0.4, 0.5) is 0 Å². The third-order valence-corrected chi connectivity index (χ3v) is 8.53. The Kier molecular flexibility index (Phi) is 7.95. The maximum Gasteiger partial charge on any atom is 0.355 e. The van der Waals surface area contributed by atoms with E-state index in [4.69, 9.17) is 9.05 Å². The van der Waals surface area contributed by atoms with Crippen LogP contribution in [0.15, 0.2) is 59.5 Å². The summed E-state index contributed by atoms with van der Waals surface area (Å²) in [5.74, 6) is 0. The first kappa shape index (κ1) is 22.0. The van der Waals surface area contributed by atoms with E-state index in [2.05, 4.69) is 4.72 Å². The minimum Gasteiger partial charge on any atom is -0.307 e. The van der Waals surface area contributed by atoms with Gasteiger partial charge in [0.1, 0.15) is 11.0 Å². The fourth-order valence-corrected chi connectivity index (χ4v) is 6.74. The summed E-state index contributed by atoms with van der Waals surface area (Å²) in [6, 6.07) is 16.7. The van der Waals surface area contributed by atoms with E-state index in [0.29, 0.717) is 11.3 Å². The third kappa shape index (κ3) is 4.76. The van der Waals surface area contributed by atoms with Crippen molar-refractivity contribution in [1.29, 1.82) is 0 Å². The molecule has 0 aliphatic rings. The normalized spacial score (nSPS) is 15.3. The van der Waals surface area contributed by atoms with Gasteiger partial charge in [-0.05, 0) is 44.9 Å². The monoisotopic (exact) mass is 409 g/mol. The molecular weight excluding hydrogens is 381 g/mol. The summed E-state index contributed by atoms with van der Waals surface area (Å²) in [5, 5.41) is -1.23. The van der Waals surface area contributed by atoms with Crippen molar-refractivity contribution in [3.63, 3.8) is 0 Å². The summed E-state index contributed by atoms with van der Waals surface area (Å²) in [7, 11) is -5.27. The van der Waals surface area contributed by atoms with Crippen molar-refractivity contribution in [2.45, 2.75) is 44.3 Å². The lowest BCUT2D eigenvalue weighted by Gasteiger charge is -2.38. The number of aryl methyl sites for hydroxylation is 1. The summed E-state index contributed by atoms with van der Waals surface area (Å²) in [4.78, 5) is 0.605. The van der Waals surface area contributed by atoms with E-state index in [-0.39, 0.29) is 13.2 Å². The molecule has 0 amide bonds. The van der Waals surface area contributed by atoms with Gasteiger partial charge < -0.3 is 9.05 Å². The van der Waals surface area contributed by atoms with Crippen molar-refractivity contribution in [3.8, 4) is 0 Å². The lowest BCUT2D eigenvalue weighted by atomic mass is 10.1. The van der Waals surface area contributed by atoms with Crippen molar-refractivity contribution in [2.75, 3.05) is 13.2 Å². The zero-order valence-corrected chi connectivity index (χ0v) is 18.0. The highest BCUT2D eigenvalue weighted by Gasteiger charge is 2.52. The van der Waals surface area contributed by atoms with Crippen LogP contribution in [-0.2, 0) is 29.9 Å². The largest absolute Gasteiger partial charge is 0.355 e. The molecule has 27 heavy (non-hydrogen) atoms. The summed E-state index contributed by atoms with van der Waals surface area (Å²) < 4.78 is 41.4. The molecule has 0 fully saturated rings. The van der Waals surface area contributed by atoms with Gasteiger partial charge in [0.05, 0.1) is 18.1 Å². The van der Waals surface area contributed by atoms with Crippen molar-refractivity contribution in [3.05, 3.63) is 65.7 Å². The minimum absolute atomic E-state index is 0.227. The topological polar surface area (TPSA) is 64.6 Å². The molecule has 0 radical (unpaired) electrons. The Morgan fingerprint density at radius 3 is 2.00 bits per heavy atom. The molecular formula is C20H28NO4PS. The molecule has 148 valence electrons. The molecule has 2 rings (SSSR count). The second-order valence-electron chi connectivity index (χ2n) is 6.10. The summed E-state index contributed by atoms with van der Waals surface area (Å²) in [5.41, 5.74) is 1.80. The van der Waals surface area contributed by atoms with Gasteiger partial charge in [0.25, 0.3) is 0 Å². The first-order valence-corrected chi connectivity index (χ1v) is 11.8. The molecule has 0 saturated heterocycles. The molecule has 0 heterocycles. The zero-order chi connectivity index (χ0) is 19.9. The van der Waals surface area contributed by atoms with E-state index in [0.717, 1.165) is 11.1 Å². The molecule has 0 aromatic heterocycles. The predicted octanol–water partition coefficient (Wildman–Crippen LogP) is 5.14. The van der Waals surface area contributed by atoms with Crippen molar-refractivity contribution in [1.82, 2.24) is 4.72 Å². The first-order chi connectivity index (χ1) is 12.9. The van der Waals surface area contributed by atoms with Crippen molar-refractivity contribution in [2.24, 2.45) is 0 Å². The average Bonchev–Trinajstić information content (AvgIpc) is 2.67. The van der Waals surface area contributed by atoms with Gasteiger partial charge in [-0.2, -0.15) is 0 Å². The summed E-state index contributed by atoms with van der Waals surface area (Å²) in [6.45, 7) is 7.85. The van der Waals surface area contributed by atoms with Crippen LogP contribution in [0.1, 0.15) is 38.3 Å². The highest BCUT2D eigenvalue weighted by molar-refractivity contribution is 7.83. The average molecular weight is 409 g/mol. The first-order valence-electron chi connectivity index (χ1n) is 9.13. The molecule has 7 heteroatoms. The van der Waals surface area contributed by atoms with E-state index in [1.54, 1.807) is 26.0 Å². The van der Waals surface area contributed by atoms with Crippen molar-refractivity contribution < 1.29 is 17.8 Å². The Morgan fingerprint density at radius 1 is 0.963 bits per heavy atom. The number of nitrogens with one attached hydrogen (secondary N) is 1. The number of benzene rings is 2. The van der Waals surface area contributed by atoms with Crippen LogP contribution in [0.3, 0.4) is 0 Å². The van der Waals surface area contributed by atoms with E-state index in [1.807, 2.05) is 56.3 Å². The summed E-state index contributed by atoms with van der Waals surface area (Å²) >= 11 is 0.